The molecule has 1 N–H and O–H groups in total. The molecule has 35 heavy (non-hydrogen) atoms. The minimum absolute atomic E-state index is 0. The summed E-state index contributed by atoms with van der Waals surface area (Å²) in [6, 6.07) is 0. The van der Waals surface area contributed by atoms with Crippen molar-refractivity contribution in [2.75, 3.05) is 0 Å². The van der Waals surface area contributed by atoms with Crippen LogP contribution in [-0.2, 0) is 34.8 Å². The average Bonchev–Trinajstić information content (AvgIpc) is 2.88. The molecule has 0 aliphatic heterocycles. The smallest absolute Gasteiger partial charge is 0.454 e. The number of rotatable bonds is 3. The van der Waals surface area contributed by atoms with Gasteiger partial charge in [-0.1, -0.05) is 0 Å². The van der Waals surface area contributed by atoms with Gasteiger partial charge in [0.2, 0.25) is 5.76 Å². The van der Waals surface area contributed by atoms with Crippen LogP contribution in [-0.4, -0.2) is 52.1 Å². The van der Waals surface area contributed by atoms with Gasteiger partial charge < -0.3 is 19.1 Å². The number of aromatic nitrogens is 1. The SMILES string of the molecule is Cc1nc(C)c(C)o1.O=C(/C=C(\O)C(F)(F)F)C(F)(F)F.O=C([CH-]C(=O)C(F)(F)F)C(F)(F)F.[Pd]. The molecule has 1 rings (SSSR count). The molecule has 1 aromatic rings. The number of alkyl halides is 12. The number of Topliss-reactive ketones (excluding diaryl/α,β-unsaturated/α-hetero) is 2. The molecule has 0 radical (unpaired) electrons. The van der Waals surface area contributed by atoms with Gasteiger partial charge in [0.05, 0.1) is 5.69 Å². The summed E-state index contributed by atoms with van der Waals surface area (Å²) in [4.78, 5) is 33.5. The van der Waals surface area contributed by atoms with E-state index in [2.05, 4.69) is 4.98 Å². The number of hydrogen-bond acceptors (Lipinski definition) is 6. The maximum absolute atomic E-state index is 11.4. The number of aliphatic hydroxyl groups excluding tert-OH is 1. The van der Waals surface area contributed by atoms with Gasteiger partial charge in [0, 0.05) is 33.4 Å². The van der Waals surface area contributed by atoms with Crippen molar-refractivity contribution in [1.29, 1.82) is 0 Å². The average molecular weight is 633 g/mol. The second kappa shape index (κ2) is 13.5. The minimum atomic E-state index is -5.46. The maximum Gasteiger partial charge on any atom is 0.454 e. The Morgan fingerprint density at radius 3 is 1.31 bits per heavy atom. The summed E-state index contributed by atoms with van der Waals surface area (Å²) in [5, 5.41) is 7.93. The topological polar surface area (TPSA) is 97.5 Å². The number of hydrogen-bond donors (Lipinski definition) is 1. The first kappa shape index (κ1) is 37.0. The van der Waals surface area contributed by atoms with Gasteiger partial charge in [0.15, 0.2) is 5.89 Å². The fraction of sp³-hybridized carbons (Fsp3) is 0.438. The summed E-state index contributed by atoms with van der Waals surface area (Å²) < 4.78 is 141. The first-order valence-corrected chi connectivity index (χ1v) is 7.86. The number of halogens is 12. The van der Waals surface area contributed by atoms with Crippen molar-refractivity contribution in [3.05, 3.63) is 35.6 Å². The van der Waals surface area contributed by atoms with Crippen LogP contribution in [0.1, 0.15) is 17.3 Å². The summed E-state index contributed by atoms with van der Waals surface area (Å²) in [5.74, 6) is -9.32. The monoisotopic (exact) mass is 632 g/mol. The molecule has 0 atom stereocenters. The molecule has 19 heteroatoms. The summed E-state index contributed by atoms with van der Waals surface area (Å²) >= 11 is 0. The van der Waals surface area contributed by atoms with Crippen LogP contribution in [0, 0.1) is 27.2 Å². The number of carbonyl (C=O) groups excluding carboxylic acids is 3. The van der Waals surface area contributed by atoms with E-state index in [-0.39, 0.29) is 20.4 Å². The van der Waals surface area contributed by atoms with Crippen LogP contribution in [0.5, 0.6) is 0 Å². The molecule has 0 aliphatic carbocycles. The third-order valence-corrected chi connectivity index (χ3v) is 2.79. The summed E-state index contributed by atoms with van der Waals surface area (Å²) in [6.07, 6.45) is -23.6. The van der Waals surface area contributed by atoms with E-state index in [9.17, 15) is 67.1 Å². The fourth-order valence-electron chi connectivity index (χ4n) is 1.20. The van der Waals surface area contributed by atoms with Gasteiger partial charge in [-0.05, 0) is 13.8 Å². The van der Waals surface area contributed by atoms with E-state index >= 15 is 0 Å². The summed E-state index contributed by atoms with van der Waals surface area (Å²) in [7, 11) is 0. The number of aryl methyl sites for hydroxylation is 3. The minimum Gasteiger partial charge on any atom is -0.504 e. The molecule has 0 saturated carbocycles. The third-order valence-electron chi connectivity index (χ3n) is 2.79. The van der Waals surface area contributed by atoms with Gasteiger partial charge in [0.25, 0.3) is 5.78 Å². The molecule has 6 nitrogen and oxygen atoms in total. The van der Waals surface area contributed by atoms with E-state index in [1.54, 1.807) is 0 Å². The van der Waals surface area contributed by atoms with E-state index in [1.165, 1.54) is 0 Å². The van der Waals surface area contributed by atoms with Crippen LogP contribution in [0.3, 0.4) is 0 Å². The van der Waals surface area contributed by atoms with Crippen molar-refractivity contribution in [3.8, 4) is 0 Å². The largest absolute Gasteiger partial charge is 0.504 e. The Kier molecular flexibility index (Phi) is 14.3. The van der Waals surface area contributed by atoms with Gasteiger partial charge in [-0.15, -0.1) is 0 Å². The number of oxazole rings is 1. The molecule has 1 heterocycles. The zero-order valence-corrected chi connectivity index (χ0v) is 18.6. The van der Waals surface area contributed by atoms with Crippen molar-refractivity contribution in [2.45, 2.75) is 45.5 Å². The Morgan fingerprint density at radius 2 is 1.14 bits per heavy atom. The number of aliphatic hydroxyl groups is 1. The molecule has 0 unspecified atom stereocenters. The van der Waals surface area contributed by atoms with Crippen LogP contribution in [0.15, 0.2) is 16.3 Å². The van der Waals surface area contributed by atoms with Crippen LogP contribution in [0.4, 0.5) is 52.7 Å². The zero-order valence-electron chi connectivity index (χ0n) is 17.0. The van der Waals surface area contributed by atoms with Crippen molar-refractivity contribution in [3.63, 3.8) is 0 Å². The summed E-state index contributed by atoms with van der Waals surface area (Å²) in [6.45, 7) is 5.70. The van der Waals surface area contributed by atoms with Crippen LogP contribution in [0.2, 0.25) is 0 Å². The second-order valence-electron chi connectivity index (χ2n) is 5.63. The van der Waals surface area contributed by atoms with Crippen molar-refractivity contribution < 1.29 is 97.0 Å². The first-order valence-electron chi connectivity index (χ1n) is 7.86. The second-order valence-corrected chi connectivity index (χ2v) is 5.63. The molecular weight excluding hydrogens is 621 g/mol. The molecule has 0 aromatic carbocycles. The molecule has 0 bridgehead atoms. The van der Waals surface area contributed by atoms with Crippen molar-refractivity contribution >= 4 is 17.3 Å². The number of carbonyl (C=O) groups is 3. The predicted octanol–water partition coefficient (Wildman–Crippen LogP) is 5.17. The Morgan fingerprint density at radius 1 is 0.771 bits per heavy atom. The van der Waals surface area contributed by atoms with Crippen LogP contribution in [0.25, 0.3) is 0 Å². The molecule has 0 saturated heterocycles. The zero-order chi connectivity index (χ0) is 27.9. The van der Waals surface area contributed by atoms with Gasteiger partial charge in [0.1, 0.15) is 17.3 Å². The Hall–Kier alpha value is -2.55. The Labute approximate surface area is 201 Å². The normalized spacial score (nSPS) is 12.3. The quantitative estimate of drug-likeness (QED) is 0.123. The van der Waals surface area contributed by atoms with E-state index in [0.717, 1.165) is 17.3 Å². The van der Waals surface area contributed by atoms with Gasteiger partial charge in [-0.25, -0.2) is 11.4 Å². The third kappa shape index (κ3) is 15.9. The maximum atomic E-state index is 11.4. The summed E-state index contributed by atoms with van der Waals surface area (Å²) in [5.41, 5.74) is 0.988. The molecule has 206 valence electrons. The van der Waals surface area contributed by atoms with E-state index in [4.69, 9.17) is 9.52 Å². The standard InChI is InChI=1S/C6H9NO.C5H2F6O2.C5HF6O2.Pd/c1-4-5(2)8-6(3)7-4;2*6-4(7,8)2(12)1-3(13)5(9,10)11;/h1-3H3;1,12H;1H;/q;;-1;/b;2-1-;;. The Balaban J connectivity index is -0.000000444. The number of nitrogens with zero attached hydrogens (tertiary/aromatic N) is 1. The van der Waals surface area contributed by atoms with Gasteiger partial charge in [-0.3, -0.25) is 4.79 Å². The molecule has 0 spiro atoms. The van der Waals surface area contributed by atoms with Crippen LogP contribution >= 0.6 is 0 Å². The first-order chi connectivity index (χ1) is 14.8. The number of ketones is 3. The fourth-order valence-corrected chi connectivity index (χ4v) is 1.20. The van der Waals surface area contributed by atoms with Gasteiger partial charge in [-0.2, -0.15) is 52.7 Å². The van der Waals surface area contributed by atoms with Gasteiger partial charge >= 0.3 is 24.7 Å². The van der Waals surface area contributed by atoms with E-state index < -0.39 is 60.3 Å². The molecule has 0 amide bonds. The van der Waals surface area contributed by atoms with E-state index in [0.29, 0.717) is 0 Å². The molecule has 0 aliphatic rings. The van der Waals surface area contributed by atoms with E-state index in [1.807, 2.05) is 20.8 Å². The van der Waals surface area contributed by atoms with Crippen LogP contribution < -0.4 is 0 Å². The predicted molar refractivity (Wildman–Crippen MR) is 85.0 cm³/mol. The molecule has 1 aromatic heterocycles. The van der Waals surface area contributed by atoms with Crippen molar-refractivity contribution in [1.82, 2.24) is 4.98 Å². The Bertz CT molecular complexity index is 851. The number of allylic oxidation sites excluding steroid dienone is 2. The molecular formula is C16H12F12NO5Pd-. The van der Waals surface area contributed by atoms with Crippen molar-refractivity contribution in [2.24, 2.45) is 0 Å². The molecule has 0 fully saturated rings.